The summed E-state index contributed by atoms with van der Waals surface area (Å²) >= 11 is 11.9. The Kier molecular flexibility index (Phi) is 4.99. The number of nitrogens with two attached hydrogens (primary N) is 1. The lowest BCUT2D eigenvalue weighted by Crippen LogP contribution is -2.07. The number of benzene rings is 2. The Morgan fingerprint density at radius 2 is 1.90 bits per heavy atom. The SMILES string of the molecule is COc1cccc(CCNc2cc(Cl)c(Cl)cc2N)c1. The summed E-state index contributed by atoms with van der Waals surface area (Å²) in [6.45, 7) is 0.745. The number of nitrogen functional groups attached to an aromatic ring is 1. The second-order valence-corrected chi connectivity index (χ2v) is 5.20. The highest BCUT2D eigenvalue weighted by molar-refractivity contribution is 6.42. The van der Waals surface area contributed by atoms with Crippen LogP contribution in [0.2, 0.25) is 10.0 Å². The van der Waals surface area contributed by atoms with Crippen molar-refractivity contribution in [3.8, 4) is 5.75 Å². The van der Waals surface area contributed by atoms with Crippen LogP contribution in [-0.4, -0.2) is 13.7 Å². The molecule has 0 bridgehead atoms. The van der Waals surface area contributed by atoms with Gasteiger partial charge in [-0.3, -0.25) is 0 Å². The van der Waals surface area contributed by atoms with Gasteiger partial charge in [0.25, 0.3) is 0 Å². The zero-order valence-electron chi connectivity index (χ0n) is 11.1. The quantitative estimate of drug-likeness (QED) is 0.812. The van der Waals surface area contributed by atoms with Crippen molar-refractivity contribution in [1.82, 2.24) is 0 Å². The zero-order valence-corrected chi connectivity index (χ0v) is 12.6. The molecule has 0 atom stereocenters. The summed E-state index contributed by atoms with van der Waals surface area (Å²) in [5.41, 5.74) is 8.46. The third-order valence-corrected chi connectivity index (χ3v) is 3.68. The van der Waals surface area contributed by atoms with Crippen LogP contribution in [0.25, 0.3) is 0 Å². The third kappa shape index (κ3) is 3.71. The van der Waals surface area contributed by atoms with Crippen LogP contribution < -0.4 is 15.8 Å². The topological polar surface area (TPSA) is 47.3 Å². The minimum atomic E-state index is 0.461. The molecule has 3 N–H and O–H groups in total. The van der Waals surface area contributed by atoms with E-state index in [0.29, 0.717) is 15.7 Å². The lowest BCUT2D eigenvalue weighted by atomic mass is 10.1. The second-order valence-electron chi connectivity index (χ2n) is 4.38. The van der Waals surface area contributed by atoms with Gasteiger partial charge in [-0.1, -0.05) is 35.3 Å². The van der Waals surface area contributed by atoms with E-state index in [0.717, 1.165) is 24.4 Å². The Bertz CT molecular complexity index is 602. The minimum absolute atomic E-state index is 0.461. The summed E-state index contributed by atoms with van der Waals surface area (Å²) in [7, 11) is 1.66. The number of halogens is 2. The fourth-order valence-corrected chi connectivity index (χ4v) is 2.22. The molecule has 0 aliphatic heterocycles. The van der Waals surface area contributed by atoms with Crippen molar-refractivity contribution >= 4 is 34.6 Å². The van der Waals surface area contributed by atoms with Crippen LogP contribution in [0.4, 0.5) is 11.4 Å². The van der Waals surface area contributed by atoms with Crippen molar-refractivity contribution in [3.05, 3.63) is 52.0 Å². The van der Waals surface area contributed by atoms with Gasteiger partial charge in [-0.2, -0.15) is 0 Å². The smallest absolute Gasteiger partial charge is 0.119 e. The first kappa shape index (κ1) is 14.8. The van der Waals surface area contributed by atoms with E-state index in [4.69, 9.17) is 33.7 Å². The lowest BCUT2D eigenvalue weighted by Gasteiger charge is -2.11. The highest BCUT2D eigenvalue weighted by Gasteiger charge is 2.04. The van der Waals surface area contributed by atoms with Crippen molar-refractivity contribution in [2.75, 3.05) is 24.7 Å². The van der Waals surface area contributed by atoms with E-state index in [9.17, 15) is 0 Å². The van der Waals surface area contributed by atoms with Gasteiger partial charge in [0.05, 0.1) is 28.5 Å². The number of rotatable bonds is 5. The standard InChI is InChI=1S/C15H16Cl2N2O/c1-20-11-4-2-3-10(7-11)5-6-19-15-9-13(17)12(16)8-14(15)18/h2-4,7-9,19H,5-6,18H2,1H3. The van der Waals surface area contributed by atoms with Crippen LogP contribution in [0.5, 0.6) is 5.75 Å². The molecule has 0 saturated heterocycles. The summed E-state index contributed by atoms with van der Waals surface area (Å²) in [5.74, 6) is 0.858. The van der Waals surface area contributed by atoms with Gasteiger partial charge in [-0.15, -0.1) is 0 Å². The van der Waals surface area contributed by atoms with E-state index in [2.05, 4.69) is 11.4 Å². The third-order valence-electron chi connectivity index (χ3n) is 2.96. The van der Waals surface area contributed by atoms with Crippen molar-refractivity contribution in [2.45, 2.75) is 6.42 Å². The van der Waals surface area contributed by atoms with E-state index < -0.39 is 0 Å². The first-order valence-electron chi connectivity index (χ1n) is 6.21. The van der Waals surface area contributed by atoms with Gasteiger partial charge in [0.2, 0.25) is 0 Å². The molecule has 0 heterocycles. The summed E-state index contributed by atoms with van der Waals surface area (Å²) in [5, 5.41) is 4.21. The van der Waals surface area contributed by atoms with Crippen LogP contribution >= 0.6 is 23.2 Å². The molecule has 0 unspecified atom stereocenters. The number of hydrogen-bond donors (Lipinski definition) is 2. The van der Waals surface area contributed by atoms with E-state index >= 15 is 0 Å². The minimum Gasteiger partial charge on any atom is -0.497 e. The van der Waals surface area contributed by atoms with Crippen molar-refractivity contribution in [1.29, 1.82) is 0 Å². The first-order chi connectivity index (χ1) is 9.60. The van der Waals surface area contributed by atoms with Gasteiger partial charge >= 0.3 is 0 Å². The molecule has 0 aromatic heterocycles. The van der Waals surface area contributed by atoms with Crippen LogP contribution in [-0.2, 0) is 6.42 Å². The van der Waals surface area contributed by atoms with Crippen LogP contribution in [0, 0.1) is 0 Å². The molecule has 20 heavy (non-hydrogen) atoms. The predicted octanol–water partition coefficient (Wildman–Crippen LogP) is 4.24. The molecule has 0 amide bonds. The summed E-state index contributed by atoms with van der Waals surface area (Å²) in [6, 6.07) is 11.4. The van der Waals surface area contributed by atoms with Gasteiger partial charge in [0.1, 0.15) is 5.75 Å². The fraction of sp³-hybridized carbons (Fsp3) is 0.200. The van der Waals surface area contributed by atoms with E-state index in [1.54, 1.807) is 19.2 Å². The molecule has 2 rings (SSSR count). The Morgan fingerprint density at radius 3 is 2.65 bits per heavy atom. The lowest BCUT2D eigenvalue weighted by molar-refractivity contribution is 0.414. The molecule has 0 fully saturated rings. The fourth-order valence-electron chi connectivity index (χ4n) is 1.88. The molecule has 0 aliphatic rings. The molecule has 106 valence electrons. The Labute approximate surface area is 128 Å². The Balaban J connectivity index is 1.97. The summed E-state index contributed by atoms with van der Waals surface area (Å²) in [6.07, 6.45) is 0.858. The molecular weight excluding hydrogens is 295 g/mol. The van der Waals surface area contributed by atoms with Crippen molar-refractivity contribution in [2.24, 2.45) is 0 Å². The maximum absolute atomic E-state index is 5.98. The maximum atomic E-state index is 5.98. The first-order valence-corrected chi connectivity index (χ1v) is 6.97. The van der Waals surface area contributed by atoms with E-state index in [1.807, 2.05) is 18.2 Å². The molecule has 0 aliphatic carbocycles. The monoisotopic (exact) mass is 310 g/mol. The molecular formula is C15H16Cl2N2O. The average molecular weight is 311 g/mol. The predicted molar refractivity (Wildman–Crippen MR) is 86.1 cm³/mol. The number of hydrogen-bond acceptors (Lipinski definition) is 3. The van der Waals surface area contributed by atoms with Gasteiger partial charge in [-0.25, -0.2) is 0 Å². The Hall–Kier alpha value is -1.58. The number of nitrogens with one attached hydrogen (secondary N) is 1. The van der Waals surface area contributed by atoms with E-state index in [1.165, 1.54) is 5.56 Å². The van der Waals surface area contributed by atoms with Gasteiger partial charge in [-0.05, 0) is 36.2 Å². The van der Waals surface area contributed by atoms with Gasteiger partial charge in [0, 0.05) is 6.54 Å². The molecule has 5 heteroatoms. The molecule has 3 nitrogen and oxygen atoms in total. The zero-order chi connectivity index (χ0) is 14.5. The molecule has 2 aromatic carbocycles. The van der Waals surface area contributed by atoms with Crippen LogP contribution in [0.1, 0.15) is 5.56 Å². The maximum Gasteiger partial charge on any atom is 0.119 e. The highest BCUT2D eigenvalue weighted by Crippen LogP contribution is 2.30. The molecule has 0 spiro atoms. The normalized spacial score (nSPS) is 10.3. The van der Waals surface area contributed by atoms with Crippen LogP contribution in [0.15, 0.2) is 36.4 Å². The van der Waals surface area contributed by atoms with Crippen molar-refractivity contribution in [3.63, 3.8) is 0 Å². The average Bonchev–Trinajstić information content (AvgIpc) is 2.44. The highest BCUT2D eigenvalue weighted by atomic mass is 35.5. The number of anilines is 2. The van der Waals surface area contributed by atoms with Gasteiger partial charge in [0.15, 0.2) is 0 Å². The number of methoxy groups -OCH3 is 1. The van der Waals surface area contributed by atoms with Crippen molar-refractivity contribution < 1.29 is 4.74 Å². The molecule has 0 saturated carbocycles. The second kappa shape index (κ2) is 6.73. The van der Waals surface area contributed by atoms with Crippen LogP contribution in [0.3, 0.4) is 0 Å². The molecule has 2 aromatic rings. The summed E-state index contributed by atoms with van der Waals surface area (Å²) in [4.78, 5) is 0. The number of ether oxygens (including phenoxy) is 1. The summed E-state index contributed by atoms with van der Waals surface area (Å²) < 4.78 is 5.19. The Morgan fingerprint density at radius 1 is 1.15 bits per heavy atom. The molecule has 0 radical (unpaired) electrons. The largest absolute Gasteiger partial charge is 0.497 e. The van der Waals surface area contributed by atoms with E-state index in [-0.39, 0.29) is 0 Å². The van der Waals surface area contributed by atoms with Gasteiger partial charge < -0.3 is 15.8 Å².